The van der Waals surface area contributed by atoms with Gasteiger partial charge in [0, 0.05) is 11.1 Å². The number of tetrazole rings is 1. The zero-order chi connectivity index (χ0) is 19.7. The fourth-order valence-electron chi connectivity index (χ4n) is 2.90. The molecule has 0 aliphatic heterocycles. The average molecular weight is 413 g/mol. The molecule has 28 heavy (non-hydrogen) atoms. The third kappa shape index (κ3) is 3.53. The molecule has 0 unspecified atom stereocenters. The van der Waals surface area contributed by atoms with Crippen LogP contribution in [-0.4, -0.2) is 29.8 Å². The van der Waals surface area contributed by atoms with Crippen molar-refractivity contribution in [3.05, 3.63) is 69.7 Å². The second-order valence-electron chi connectivity index (χ2n) is 6.46. The lowest BCUT2D eigenvalue weighted by atomic mass is 10.2. The van der Waals surface area contributed by atoms with Gasteiger partial charge in [0.1, 0.15) is 0 Å². The van der Waals surface area contributed by atoms with Crippen molar-refractivity contribution in [3.8, 4) is 5.69 Å². The van der Waals surface area contributed by atoms with Crippen molar-refractivity contribution in [2.24, 2.45) is 0 Å². The number of rotatable bonds is 5. The summed E-state index contributed by atoms with van der Waals surface area (Å²) in [5, 5.41) is 13.7. The first-order valence-electron chi connectivity index (χ1n) is 8.72. The van der Waals surface area contributed by atoms with Gasteiger partial charge in [-0.1, -0.05) is 41.6 Å². The highest BCUT2D eigenvalue weighted by atomic mass is 35.5. The Labute approximate surface area is 170 Å². The number of thioether (sulfide) groups is 1. The third-order valence-corrected chi connectivity index (χ3v) is 5.40. The van der Waals surface area contributed by atoms with Gasteiger partial charge in [0.25, 0.3) is 5.56 Å². The molecule has 0 radical (unpaired) electrons. The van der Waals surface area contributed by atoms with Gasteiger partial charge in [-0.05, 0) is 54.6 Å². The molecule has 0 aliphatic rings. The number of hydrogen-bond acceptors (Lipinski definition) is 6. The number of aromatic nitrogens is 6. The van der Waals surface area contributed by atoms with Gasteiger partial charge in [-0.15, -0.1) is 5.10 Å². The van der Waals surface area contributed by atoms with E-state index >= 15 is 0 Å². The Bertz CT molecular complexity index is 1190. The lowest BCUT2D eigenvalue weighted by molar-refractivity contribution is 0.519. The van der Waals surface area contributed by atoms with E-state index in [9.17, 15) is 4.79 Å². The molecule has 0 saturated carbocycles. The van der Waals surface area contributed by atoms with E-state index in [1.54, 1.807) is 27.4 Å². The summed E-state index contributed by atoms with van der Waals surface area (Å²) in [6.45, 7) is 3.92. The first kappa shape index (κ1) is 18.6. The van der Waals surface area contributed by atoms with Crippen LogP contribution >= 0.6 is 23.4 Å². The first-order chi connectivity index (χ1) is 13.5. The SMILES string of the molecule is CC(C)n1c(SCc2nnnn2-c2ccccc2)nc2cc(Cl)ccc2c1=O. The van der Waals surface area contributed by atoms with Gasteiger partial charge >= 0.3 is 0 Å². The summed E-state index contributed by atoms with van der Waals surface area (Å²) in [7, 11) is 0. The van der Waals surface area contributed by atoms with E-state index in [0.717, 1.165) is 5.69 Å². The van der Waals surface area contributed by atoms with Crippen molar-refractivity contribution >= 4 is 34.3 Å². The lowest BCUT2D eigenvalue weighted by Gasteiger charge is -2.16. The van der Waals surface area contributed by atoms with Gasteiger partial charge < -0.3 is 0 Å². The maximum absolute atomic E-state index is 13.0. The van der Waals surface area contributed by atoms with Crippen LogP contribution in [0.2, 0.25) is 5.02 Å². The molecule has 0 atom stereocenters. The third-order valence-electron chi connectivity index (χ3n) is 4.21. The van der Waals surface area contributed by atoms with Crippen molar-refractivity contribution in [1.29, 1.82) is 0 Å². The minimum absolute atomic E-state index is 0.0345. The maximum Gasteiger partial charge on any atom is 0.262 e. The van der Waals surface area contributed by atoms with Gasteiger partial charge in [-0.2, -0.15) is 4.68 Å². The Balaban J connectivity index is 1.72. The van der Waals surface area contributed by atoms with Crippen molar-refractivity contribution in [1.82, 2.24) is 29.8 Å². The van der Waals surface area contributed by atoms with Gasteiger partial charge in [0.05, 0.1) is 22.3 Å². The summed E-state index contributed by atoms with van der Waals surface area (Å²) in [6, 6.07) is 14.8. The Hall–Kier alpha value is -2.71. The molecular formula is C19H17ClN6OS. The predicted octanol–water partition coefficient (Wildman–Crippen LogP) is 3.90. The van der Waals surface area contributed by atoms with Crippen molar-refractivity contribution in [3.63, 3.8) is 0 Å². The quantitative estimate of drug-likeness (QED) is 0.365. The number of halogens is 1. The van der Waals surface area contributed by atoms with E-state index in [0.29, 0.717) is 32.7 Å². The Morgan fingerprint density at radius 2 is 1.93 bits per heavy atom. The summed E-state index contributed by atoms with van der Waals surface area (Å²) in [6.07, 6.45) is 0. The summed E-state index contributed by atoms with van der Waals surface area (Å²) in [5.74, 6) is 1.14. The predicted molar refractivity (Wildman–Crippen MR) is 110 cm³/mol. The largest absolute Gasteiger partial charge is 0.285 e. The molecule has 2 heterocycles. The van der Waals surface area contributed by atoms with Crippen LogP contribution in [0.15, 0.2) is 58.5 Å². The minimum Gasteiger partial charge on any atom is -0.285 e. The van der Waals surface area contributed by atoms with Gasteiger partial charge in [-0.3, -0.25) is 9.36 Å². The van der Waals surface area contributed by atoms with Crippen LogP contribution in [0.3, 0.4) is 0 Å². The summed E-state index contributed by atoms with van der Waals surface area (Å²) in [4.78, 5) is 17.7. The van der Waals surface area contributed by atoms with Gasteiger partial charge in [0.2, 0.25) is 0 Å². The fourth-order valence-corrected chi connectivity index (χ4v) is 4.10. The highest BCUT2D eigenvalue weighted by molar-refractivity contribution is 7.98. The molecule has 142 valence electrons. The average Bonchev–Trinajstić information content (AvgIpc) is 3.15. The van der Waals surface area contributed by atoms with Crippen LogP contribution in [0.1, 0.15) is 25.7 Å². The molecule has 4 aromatic rings. The Kier molecular flexibility index (Phi) is 5.15. The number of para-hydroxylation sites is 1. The van der Waals surface area contributed by atoms with Crippen molar-refractivity contribution in [2.45, 2.75) is 30.8 Å². The van der Waals surface area contributed by atoms with E-state index < -0.39 is 0 Å². The number of nitrogens with zero attached hydrogens (tertiary/aromatic N) is 6. The molecule has 0 N–H and O–H groups in total. The molecule has 2 aromatic carbocycles. The monoisotopic (exact) mass is 412 g/mol. The van der Waals surface area contributed by atoms with Gasteiger partial charge in [-0.25, -0.2) is 4.98 Å². The molecule has 0 bridgehead atoms. The molecule has 9 heteroatoms. The van der Waals surface area contributed by atoms with Crippen LogP contribution in [0.5, 0.6) is 0 Å². The second-order valence-corrected chi connectivity index (χ2v) is 7.83. The Morgan fingerprint density at radius 3 is 2.68 bits per heavy atom. The topological polar surface area (TPSA) is 78.5 Å². The van der Waals surface area contributed by atoms with E-state index in [2.05, 4.69) is 20.5 Å². The number of hydrogen-bond donors (Lipinski definition) is 0. The van der Waals surface area contributed by atoms with Crippen LogP contribution in [0, 0.1) is 0 Å². The fraction of sp³-hybridized carbons (Fsp3) is 0.211. The maximum atomic E-state index is 13.0. The van der Waals surface area contributed by atoms with E-state index in [1.807, 2.05) is 44.2 Å². The first-order valence-corrected chi connectivity index (χ1v) is 10.1. The summed E-state index contributed by atoms with van der Waals surface area (Å²) >= 11 is 7.51. The minimum atomic E-state index is -0.0817. The molecule has 2 aromatic heterocycles. The smallest absolute Gasteiger partial charge is 0.262 e. The molecule has 7 nitrogen and oxygen atoms in total. The van der Waals surface area contributed by atoms with Gasteiger partial charge in [0.15, 0.2) is 11.0 Å². The highest BCUT2D eigenvalue weighted by Gasteiger charge is 2.16. The molecule has 0 spiro atoms. The zero-order valence-electron chi connectivity index (χ0n) is 15.3. The summed E-state index contributed by atoms with van der Waals surface area (Å²) < 4.78 is 3.38. The normalized spacial score (nSPS) is 11.4. The standard InChI is InChI=1S/C19H17ClN6OS/c1-12(2)25-18(27)15-9-8-13(20)10-16(15)21-19(25)28-11-17-22-23-24-26(17)14-6-4-3-5-7-14/h3-10,12H,11H2,1-2H3. The second kappa shape index (κ2) is 7.73. The van der Waals surface area contributed by atoms with Crippen LogP contribution in [0.25, 0.3) is 16.6 Å². The van der Waals surface area contributed by atoms with E-state index in [4.69, 9.17) is 11.6 Å². The van der Waals surface area contributed by atoms with E-state index in [-0.39, 0.29) is 11.6 Å². The summed E-state index contributed by atoms with van der Waals surface area (Å²) in [5.41, 5.74) is 1.38. The molecule has 0 fully saturated rings. The van der Waals surface area contributed by atoms with E-state index in [1.165, 1.54) is 11.8 Å². The molecule has 0 saturated heterocycles. The van der Waals surface area contributed by atoms with Crippen LogP contribution in [-0.2, 0) is 5.75 Å². The lowest BCUT2D eigenvalue weighted by Crippen LogP contribution is -2.25. The molecular weight excluding hydrogens is 396 g/mol. The molecule has 0 amide bonds. The highest BCUT2D eigenvalue weighted by Crippen LogP contribution is 2.25. The van der Waals surface area contributed by atoms with Crippen molar-refractivity contribution in [2.75, 3.05) is 0 Å². The molecule has 0 aliphatic carbocycles. The zero-order valence-corrected chi connectivity index (χ0v) is 16.9. The molecule has 4 rings (SSSR count). The number of benzene rings is 2. The van der Waals surface area contributed by atoms with Crippen molar-refractivity contribution < 1.29 is 0 Å². The van der Waals surface area contributed by atoms with Crippen LogP contribution < -0.4 is 5.56 Å². The van der Waals surface area contributed by atoms with Crippen LogP contribution in [0.4, 0.5) is 0 Å². The number of fused-ring (bicyclic) bond motifs is 1. The Morgan fingerprint density at radius 1 is 1.14 bits per heavy atom.